The van der Waals surface area contributed by atoms with Crippen molar-refractivity contribution in [1.29, 1.82) is 0 Å². The lowest BCUT2D eigenvalue weighted by molar-refractivity contribution is 0.0376. The van der Waals surface area contributed by atoms with Crippen molar-refractivity contribution in [1.82, 2.24) is 4.98 Å². The van der Waals surface area contributed by atoms with Crippen LogP contribution in [0.25, 0.3) is 0 Å². The van der Waals surface area contributed by atoms with Gasteiger partial charge in [-0.1, -0.05) is 22.0 Å². The first-order chi connectivity index (χ1) is 7.70. The Morgan fingerprint density at radius 2 is 2.38 bits per heavy atom. The Morgan fingerprint density at radius 3 is 3.00 bits per heavy atom. The van der Waals surface area contributed by atoms with Gasteiger partial charge < -0.3 is 9.64 Å². The summed E-state index contributed by atoms with van der Waals surface area (Å²) in [6, 6.07) is 4.58. The first-order valence-electron chi connectivity index (χ1n) is 5.57. The van der Waals surface area contributed by atoms with Crippen LogP contribution in [0.1, 0.15) is 12.5 Å². The zero-order chi connectivity index (χ0) is 11.5. The number of ether oxygens (including phenoxy) is 1. The lowest BCUT2D eigenvalue weighted by atomic mass is 10.2. The minimum absolute atomic E-state index is 0.263. The molecule has 2 rings (SSSR count). The summed E-state index contributed by atoms with van der Waals surface area (Å²) in [4.78, 5) is 6.79. The van der Waals surface area contributed by atoms with Gasteiger partial charge in [0.2, 0.25) is 0 Å². The highest BCUT2D eigenvalue weighted by Gasteiger charge is 2.26. The standard InChI is InChI=1S/C12H17BrN2O/c1-9-3-4-12(14-6-9)15-7-11(5-13)16-8-10(15)2/h3-4,6,10-11H,5,7-8H2,1-2H3. The van der Waals surface area contributed by atoms with Crippen LogP contribution in [0, 0.1) is 6.92 Å². The van der Waals surface area contributed by atoms with Crippen LogP contribution >= 0.6 is 15.9 Å². The lowest BCUT2D eigenvalue weighted by Crippen LogP contribution is -2.49. The third-order valence-electron chi connectivity index (χ3n) is 2.87. The van der Waals surface area contributed by atoms with E-state index in [1.54, 1.807) is 0 Å². The molecule has 0 N–H and O–H groups in total. The van der Waals surface area contributed by atoms with Crippen molar-refractivity contribution in [3.05, 3.63) is 23.9 Å². The molecule has 0 radical (unpaired) electrons. The summed E-state index contributed by atoms with van der Waals surface area (Å²) in [5, 5.41) is 0.877. The van der Waals surface area contributed by atoms with Crippen LogP contribution in [0.15, 0.2) is 18.3 Å². The Kier molecular flexibility index (Phi) is 3.82. The van der Waals surface area contributed by atoms with Gasteiger partial charge in [0.15, 0.2) is 0 Å². The Balaban J connectivity index is 2.14. The molecule has 88 valence electrons. The number of nitrogens with zero attached hydrogens (tertiary/aromatic N) is 2. The molecule has 3 nitrogen and oxygen atoms in total. The molecule has 4 heteroatoms. The van der Waals surface area contributed by atoms with Gasteiger partial charge >= 0.3 is 0 Å². The SMILES string of the molecule is Cc1ccc(N2CC(CBr)OCC2C)nc1. The third kappa shape index (κ3) is 2.55. The van der Waals surface area contributed by atoms with Gasteiger partial charge in [-0.25, -0.2) is 4.98 Å². The number of anilines is 1. The van der Waals surface area contributed by atoms with Gasteiger partial charge in [-0.3, -0.25) is 0 Å². The fourth-order valence-corrected chi connectivity index (χ4v) is 2.25. The van der Waals surface area contributed by atoms with Crippen LogP contribution in [0.3, 0.4) is 0 Å². The molecule has 1 aliphatic heterocycles. The maximum Gasteiger partial charge on any atom is 0.128 e. The van der Waals surface area contributed by atoms with Crippen molar-refractivity contribution >= 4 is 21.7 Å². The molecule has 1 fully saturated rings. The first-order valence-corrected chi connectivity index (χ1v) is 6.69. The van der Waals surface area contributed by atoms with Gasteiger partial charge in [-0.15, -0.1) is 0 Å². The molecule has 1 saturated heterocycles. The molecule has 0 saturated carbocycles. The fraction of sp³-hybridized carbons (Fsp3) is 0.583. The lowest BCUT2D eigenvalue weighted by Gasteiger charge is -2.38. The molecule has 1 aromatic rings. The summed E-state index contributed by atoms with van der Waals surface area (Å²) < 4.78 is 5.70. The van der Waals surface area contributed by atoms with Crippen LogP contribution in [0.4, 0.5) is 5.82 Å². The van der Waals surface area contributed by atoms with E-state index in [-0.39, 0.29) is 6.10 Å². The maximum absolute atomic E-state index is 5.70. The number of aromatic nitrogens is 1. The number of aryl methyl sites for hydroxylation is 1. The Morgan fingerprint density at radius 1 is 1.56 bits per heavy atom. The number of hydrogen-bond acceptors (Lipinski definition) is 3. The van der Waals surface area contributed by atoms with Crippen LogP contribution in [-0.2, 0) is 4.74 Å². The average Bonchev–Trinajstić information content (AvgIpc) is 2.31. The summed E-state index contributed by atoms with van der Waals surface area (Å²) in [5.74, 6) is 1.05. The molecule has 0 bridgehead atoms. The molecule has 2 heterocycles. The van der Waals surface area contributed by atoms with Crippen molar-refractivity contribution in [2.45, 2.75) is 26.0 Å². The van der Waals surface area contributed by atoms with E-state index in [9.17, 15) is 0 Å². The quantitative estimate of drug-likeness (QED) is 0.780. The van der Waals surface area contributed by atoms with E-state index >= 15 is 0 Å². The van der Waals surface area contributed by atoms with Crippen molar-refractivity contribution in [3.63, 3.8) is 0 Å². The highest BCUT2D eigenvalue weighted by Crippen LogP contribution is 2.20. The fourth-order valence-electron chi connectivity index (χ4n) is 1.86. The summed E-state index contributed by atoms with van der Waals surface area (Å²) in [5.41, 5.74) is 1.20. The van der Waals surface area contributed by atoms with Crippen molar-refractivity contribution in [2.75, 3.05) is 23.4 Å². The molecule has 2 atom stereocenters. The van der Waals surface area contributed by atoms with E-state index in [2.05, 4.69) is 51.8 Å². The minimum Gasteiger partial charge on any atom is -0.373 e. The maximum atomic E-state index is 5.70. The molecule has 1 aliphatic rings. The van der Waals surface area contributed by atoms with E-state index in [0.29, 0.717) is 6.04 Å². The number of rotatable bonds is 2. The predicted molar refractivity (Wildman–Crippen MR) is 69.3 cm³/mol. The molecule has 2 unspecified atom stereocenters. The number of hydrogen-bond donors (Lipinski definition) is 0. The molecule has 0 spiro atoms. The number of alkyl halides is 1. The van der Waals surface area contributed by atoms with Gasteiger partial charge in [0.25, 0.3) is 0 Å². The Bertz CT molecular complexity index is 341. The molecular weight excluding hydrogens is 268 g/mol. The van der Waals surface area contributed by atoms with Crippen molar-refractivity contribution in [3.8, 4) is 0 Å². The van der Waals surface area contributed by atoms with Crippen molar-refractivity contribution in [2.24, 2.45) is 0 Å². The second kappa shape index (κ2) is 5.15. The Labute approximate surface area is 105 Å². The van der Waals surface area contributed by atoms with E-state index in [1.165, 1.54) is 5.56 Å². The highest BCUT2D eigenvalue weighted by molar-refractivity contribution is 9.09. The second-order valence-corrected chi connectivity index (χ2v) is 4.95. The van der Waals surface area contributed by atoms with Gasteiger partial charge in [0.05, 0.1) is 18.8 Å². The molecular formula is C12H17BrN2O. The van der Waals surface area contributed by atoms with E-state index in [1.807, 2.05) is 6.20 Å². The van der Waals surface area contributed by atoms with Gasteiger partial charge in [0, 0.05) is 18.1 Å². The molecule has 16 heavy (non-hydrogen) atoms. The van der Waals surface area contributed by atoms with E-state index < -0.39 is 0 Å². The molecule has 0 aromatic carbocycles. The summed E-state index contributed by atoms with van der Waals surface area (Å²) >= 11 is 3.47. The zero-order valence-corrected chi connectivity index (χ0v) is 11.3. The normalized spacial score (nSPS) is 25.8. The van der Waals surface area contributed by atoms with Crippen LogP contribution in [0.5, 0.6) is 0 Å². The monoisotopic (exact) mass is 284 g/mol. The second-order valence-electron chi connectivity index (χ2n) is 4.30. The molecule has 0 amide bonds. The van der Waals surface area contributed by atoms with Crippen molar-refractivity contribution < 1.29 is 4.74 Å². The van der Waals surface area contributed by atoms with E-state index in [0.717, 1.165) is 24.3 Å². The molecule has 1 aromatic heterocycles. The number of pyridine rings is 1. The Hall–Kier alpha value is -0.610. The number of morpholine rings is 1. The van der Waals surface area contributed by atoms with Crippen LogP contribution < -0.4 is 4.90 Å². The van der Waals surface area contributed by atoms with Gasteiger partial charge in [-0.05, 0) is 25.5 Å². The predicted octanol–water partition coefficient (Wildman–Crippen LogP) is 2.38. The zero-order valence-electron chi connectivity index (χ0n) is 9.69. The number of halogens is 1. The highest BCUT2D eigenvalue weighted by atomic mass is 79.9. The van der Waals surface area contributed by atoms with Crippen LogP contribution in [-0.4, -0.2) is 35.6 Å². The van der Waals surface area contributed by atoms with Gasteiger partial charge in [0.1, 0.15) is 5.82 Å². The molecule has 0 aliphatic carbocycles. The first kappa shape index (κ1) is 11.9. The summed E-state index contributed by atoms with van der Waals surface area (Å²) in [6.45, 7) is 5.90. The third-order valence-corrected chi connectivity index (χ3v) is 3.59. The minimum atomic E-state index is 0.263. The summed E-state index contributed by atoms with van der Waals surface area (Å²) in [6.07, 6.45) is 2.18. The smallest absolute Gasteiger partial charge is 0.128 e. The average molecular weight is 285 g/mol. The topological polar surface area (TPSA) is 25.4 Å². The van der Waals surface area contributed by atoms with Gasteiger partial charge in [-0.2, -0.15) is 0 Å². The van der Waals surface area contributed by atoms with Crippen LogP contribution in [0.2, 0.25) is 0 Å². The summed E-state index contributed by atoms with van der Waals surface area (Å²) in [7, 11) is 0. The van der Waals surface area contributed by atoms with E-state index in [4.69, 9.17) is 4.74 Å². The largest absolute Gasteiger partial charge is 0.373 e.